The van der Waals surface area contributed by atoms with Crippen molar-refractivity contribution in [1.29, 1.82) is 0 Å². The Labute approximate surface area is 236 Å². The van der Waals surface area contributed by atoms with E-state index in [-0.39, 0.29) is 31.0 Å². The molecule has 196 valence electrons. The molecular formula is C30H34Br2N2O3. The average Bonchev–Trinajstić information content (AvgIpc) is 2.91. The minimum absolute atomic E-state index is 0.000286. The number of nitrogens with one attached hydrogen (secondary N) is 1. The molecule has 0 spiro atoms. The van der Waals surface area contributed by atoms with Crippen molar-refractivity contribution in [2.75, 3.05) is 6.61 Å². The SMILES string of the molecule is CCc1ccc(OCC(=O)N(Cc2ccc(Br)cc2)[C@H](Cc2ccccc2)C(=O)N[C@H](C)CC)c(Br)c1. The monoisotopic (exact) mass is 628 g/mol. The Morgan fingerprint density at radius 1 is 0.919 bits per heavy atom. The number of aryl methyl sites for hydroxylation is 1. The summed E-state index contributed by atoms with van der Waals surface area (Å²) >= 11 is 7.02. The molecule has 3 aromatic carbocycles. The van der Waals surface area contributed by atoms with Crippen LogP contribution in [-0.4, -0.2) is 35.4 Å². The van der Waals surface area contributed by atoms with Crippen molar-refractivity contribution in [3.63, 3.8) is 0 Å². The Balaban J connectivity index is 1.91. The van der Waals surface area contributed by atoms with Crippen molar-refractivity contribution in [1.82, 2.24) is 10.2 Å². The molecule has 37 heavy (non-hydrogen) atoms. The summed E-state index contributed by atoms with van der Waals surface area (Å²) < 4.78 is 7.69. The number of amides is 2. The zero-order chi connectivity index (χ0) is 26.8. The standard InChI is InChI=1S/C30H34Br2N2O3/c1-4-21(3)33-30(36)27(18-23-9-7-6-8-10-23)34(19-24-11-14-25(31)15-12-24)29(35)20-37-28-16-13-22(5-2)17-26(28)32/h6-17,21,27H,4-5,18-20H2,1-3H3,(H,33,36)/t21-,27-/m1/s1. The number of carbonyl (C=O) groups excluding carboxylic acids is 2. The number of ether oxygens (including phenoxy) is 1. The summed E-state index contributed by atoms with van der Waals surface area (Å²) in [5.41, 5.74) is 3.09. The maximum atomic E-state index is 13.7. The van der Waals surface area contributed by atoms with Gasteiger partial charge in [-0.15, -0.1) is 0 Å². The first-order valence-corrected chi connectivity index (χ1v) is 14.2. The Kier molecular flexibility index (Phi) is 11.2. The zero-order valence-corrected chi connectivity index (χ0v) is 24.7. The third-order valence-corrected chi connectivity index (χ3v) is 7.44. The number of halogens is 2. The highest BCUT2D eigenvalue weighted by Gasteiger charge is 2.31. The number of hydrogen-bond acceptors (Lipinski definition) is 3. The molecular weight excluding hydrogens is 596 g/mol. The number of carbonyl (C=O) groups is 2. The van der Waals surface area contributed by atoms with E-state index in [1.54, 1.807) is 4.90 Å². The van der Waals surface area contributed by atoms with E-state index in [1.165, 1.54) is 5.56 Å². The summed E-state index contributed by atoms with van der Waals surface area (Å²) in [5, 5.41) is 3.09. The maximum Gasteiger partial charge on any atom is 0.261 e. The van der Waals surface area contributed by atoms with Crippen LogP contribution in [0.15, 0.2) is 81.7 Å². The Morgan fingerprint density at radius 3 is 2.22 bits per heavy atom. The number of hydrogen-bond donors (Lipinski definition) is 1. The van der Waals surface area contributed by atoms with Gasteiger partial charge in [0, 0.05) is 23.5 Å². The van der Waals surface area contributed by atoms with Crippen molar-refractivity contribution < 1.29 is 14.3 Å². The average molecular weight is 630 g/mol. The summed E-state index contributed by atoms with van der Waals surface area (Å²) in [7, 11) is 0. The van der Waals surface area contributed by atoms with Gasteiger partial charge in [-0.1, -0.05) is 78.3 Å². The van der Waals surface area contributed by atoms with E-state index in [9.17, 15) is 9.59 Å². The van der Waals surface area contributed by atoms with E-state index in [2.05, 4.69) is 44.1 Å². The lowest BCUT2D eigenvalue weighted by atomic mass is 10.0. The highest BCUT2D eigenvalue weighted by atomic mass is 79.9. The van der Waals surface area contributed by atoms with Gasteiger partial charge in [-0.3, -0.25) is 9.59 Å². The second kappa shape index (κ2) is 14.3. The molecule has 0 aromatic heterocycles. The van der Waals surface area contributed by atoms with Crippen LogP contribution in [0.4, 0.5) is 0 Å². The van der Waals surface area contributed by atoms with Crippen LogP contribution in [0.1, 0.15) is 43.9 Å². The van der Waals surface area contributed by atoms with E-state index >= 15 is 0 Å². The van der Waals surface area contributed by atoms with Gasteiger partial charge in [0.2, 0.25) is 5.91 Å². The molecule has 0 radical (unpaired) electrons. The molecule has 7 heteroatoms. The van der Waals surface area contributed by atoms with Gasteiger partial charge in [-0.25, -0.2) is 0 Å². The van der Waals surface area contributed by atoms with Gasteiger partial charge in [-0.05, 0) is 76.7 Å². The first-order chi connectivity index (χ1) is 17.8. The van der Waals surface area contributed by atoms with Crippen LogP contribution < -0.4 is 10.1 Å². The van der Waals surface area contributed by atoms with Crippen LogP contribution in [0.25, 0.3) is 0 Å². The van der Waals surface area contributed by atoms with Gasteiger partial charge < -0.3 is 15.0 Å². The second-order valence-electron chi connectivity index (χ2n) is 9.08. The molecule has 0 aliphatic carbocycles. The fourth-order valence-corrected chi connectivity index (χ4v) is 4.69. The lowest BCUT2D eigenvalue weighted by Crippen LogP contribution is -2.53. The normalized spacial score (nSPS) is 12.5. The minimum Gasteiger partial charge on any atom is -0.483 e. The van der Waals surface area contributed by atoms with Gasteiger partial charge in [0.25, 0.3) is 5.91 Å². The smallest absolute Gasteiger partial charge is 0.261 e. The van der Waals surface area contributed by atoms with Crippen molar-refractivity contribution in [3.8, 4) is 5.75 Å². The van der Waals surface area contributed by atoms with Crippen molar-refractivity contribution in [3.05, 3.63) is 98.4 Å². The lowest BCUT2D eigenvalue weighted by molar-refractivity contribution is -0.143. The number of nitrogens with zero attached hydrogens (tertiary/aromatic N) is 1. The van der Waals surface area contributed by atoms with Gasteiger partial charge >= 0.3 is 0 Å². The highest BCUT2D eigenvalue weighted by Crippen LogP contribution is 2.26. The molecule has 0 unspecified atom stereocenters. The number of rotatable bonds is 12. The molecule has 0 saturated carbocycles. The molecule has 3 aromatic rings. The third-order valence-electron chi connectivity index (χ3n) is 6.29. The molecule has 1 N–H and O–H groups in total. The molecule has 0 saturated heterocycles. The Bertz CT molecular complexity index is 1170. The van der Waals surface area contributed by atoms with Gasteiger partial charge in [0.15, 0.2) is 6.61 Å². The van der Waals surface area contributed by atoms with E-state index < -0.39 is 6.04 Å². The fourth-order valence-electron chi connectivity index (χ4n) is 3.89. The number of benzene rings is 3. The first-order valence-electron chi connectivity index (χ1n) is 12.6. The van der Waals surface area contributed by atoms with E-state index in [4.69, 9.17) is 4.74 Å². The Hall–Kier alpha value is -2.64. The predicted molar refractivity (Wildman–Crippen MR) is 156 cm³/mol. The molecule has 0 aliphatic rings. The topological polar surface area (TPSA) is 58.6 Å². The molecule has 0 aliphatic heterocycles. The van der Waals surface area contributed by atoms with Crippen LogP contribution in [0, 0.1) is 0 Å². The van der Waals surface area contributed by atoms with Crippen LogP contribution in [-0.2, 0) is 29.0 Å². The van der Waals surface area contributed by atoms with E-state index in [1.807, 2.05) is 86.6 Å². The summed E-state index contributed by atoms with van der Waals surface area (Å²) in [6, 6.07) is 22.7. The minimum atomic E-state index is -0.693. The summed E-state index contributed by atoms with van der Waals surface area (Å²) in [6.45, 7) is 6.19. The van der Waals surface area contributed by atoms with Gasteiger partial charge in [0.1, 0.15) is 11.8 Å². The van der Waals surface area contributed by atoms with E-state index in [0.717, 1.165) is 32.9 Å². The predicted octanol–water partition coefficient (Wildman–Crippen LogP) is 6.71. The molecule has 0 bridgehead atoms. The molecule has 0 heterocycles. The van der Waals surface area contributed by atoms with Crippen LogP contribution in [0.2, 0.25) is 0 Å². The molecule has 2 atom stereocenters. The quantitative estimate of drug-likeness (QED) is 0.242. The van der Waals surface area contributed by atoms with Crippen LogP contribution >= 0.6 is 31.9 Å². The largest absolute Gasteiger partial charge is 0.483 e. The Morgan fingerprint density at radius 2 is 1.59 bits per heavy atom. The van der Waals surface area contributed by atoms with Crippen LogP contribution in [0.3, 0.4) is 0 Å². The zero-order valence-electron chi connectivity index (χ0n) is 21.5. The second-order valence-corrected chi connectivity index (χ2v) is 10.8. The van der Waals surface area contributed by atoms with Crippen molar-refractivity contribution in [2.45, 2.75) is 58.7 Å². The molecule has 2 amide bonds. The molecule has 3 rings (SSSR count). The van der Waals surface area contributed by atoms with Gasteiger partial charge in [0.05, 0.1) is 4.47 Å². The van der Waals surface area contributed by atoms with Crippen molar-refractivity contribution in [2.24, 2.45) is 0 Å². The highest BCUT2D eigenvalue weighted by molar-refractivity contribution is 9.10. The molecule has 0 fully saturated rings. The lowest BCUT2D eigenvalue weighted by Gasteiger charge is -2.32. The van der Waals surface area contributed by atoms with Crippen molar-refractivity contribution >= 4 is 43.7 Å². The first kappa shape index (κ1) is 28.9. The van der Waals surface area contributed by atoms with Crippen LogP contribution in [0.5, 0.6) is 5.75 Å². The van der Waals surface area contributed by atoms with Gasteiger partial charge in [-0.2, -0.15) is 0 Å². The fraction of sp³-hybridized carbons (Fsp3) is 0.333. The summed E-state index contributed by atoms with van der Waals surface area (Å²) in [4.78, 5) is 28.9. The summed E-state index contributed by atoms with van der Waals surface area (Å²) in [5.74, 6) is 0.171. The maximum absolute atomic E-state index is 13.7. The van der Waals surface area contributed by atoms with E-state index in [0.29, 0.717) is 12.2 Å². The third kappa shape index (κ3) is 8.71. The molecule has 5 nitrogen and oxygen atoms in total. The summed E-state index contributed by atoms with van der Waals surface area (Å²) in [6.07, 6.45) is 2.11.